The fraction of sp³-hybridized carbons (Fsp3) is 0.500. The topological polar surface area (TPSA) is 61.4 Å². The summed E-state index contributed by atoms with van der Waals surface area (Å²) in [5.74, 6) is 0.0161. The van der Waals surface area contributed by atoms with Gasteiger partial charge in [0.25, 0.3) is 0 Å². The average molecular weight is 324 g/mol. The van der Waals surface area contributed by atoms with Crippen molar-refractivity contribution in [3.8, 4) is 0 Å². The van der Waals surface area contributed by atoms with Crippen molar-refractivity contribution < 1.29 is 9.59 Å². The van der Waals surface area contributed by atoms with Crippen LogP contribution in [-0.4, -0.2) is 42.4 Å². The van der Waals surface area contributed by atoms with Gasteiger partial charge in [-0.1, -0.05) is 30.3 Å². The predicted octanol–water partition coefficient (Wildman–Crippen LogP) is 1.25. The van der Waals surface area contributed by atoms with E-state index in [1.54, 1.807) is 4.90 Å². The Morgan fingerprint density at radius 1 is 1.05 bits per heavy atom. The predicted molar refractivity (Wildman–Crippen MR) is 86.8 cm³/mol. The Labute approximate surface area is 136 Å². The van der Waals surface area contributed by atoms with Gasteiger partial charge in [0.15, 0.2) is 0 Å². The highest BCUT2D eigenvalue weighted by molar-refractivity contribution is 5.88. The third-order valence-electron chi connectivity index (χ3n) is 4.30. The Hall–Kier alpha value is -1.59. The molecule has 2 amide bonds. The lowest BCUT2D eigenvalue weighted by atomic mass is 10.0. The van der Waals surface area contributed by atoms with Gasteiger partial charge in [0, 0.05) is 6.04 Å². The Bertz CT molecular complexity index is 517. The number of hydrogen-bond donors (Lipinski definition) is 2. The molecule has 0 spiro atoms. The number of amides is 2. The van der Waals surface area contributed by atoms with E-state index in [9.17, 15) is 9.59 Å². The van der Waals surface area contributed by atoms with E-state index in [-0.39, 0.29) is 42.8 Å². The maximum atomic E-state index is 12.6. The average Bonchev–Trinajstić information content (AvgIpc) is 2.68. The van der Waals surface area contributed by atoms with Gasteiger partial charge in [-0.3, -0.25) is 9.59 Å². The van der Waals surface area contributed by atoms with Gasteiger partial charge in [-0.05, 0) is 31.5 Å². The largest absolute Gasteiger partial charge is 0.347 e. The highest BCUT2D eigenvalue weighted by Crippen LogP contribution is 2.23. The summed E-state index contributed by atoms with van der Waals surface area (Å²) in [7, 11) is 0. The van der Waals surface area contributed by atoms with Crippen LogP contribution in [0, 0.1) is 0 Å². The minimum absolute atomic E-state index is 0. The van der Waals surface area contributed by atoms with E-state index < -0.39 is 0 Å². The van der Waals surface area contributed by atoms with Gasteiger partial charge < -0.3 is 15.5 Å². The standard InChI is InChI=1S/C16H21N3O2.ClH/c20-15-11-19(13-6-8-17-9-7-13)16(21)10-14(18-15)12-4-2-1-3-5-12;/h1-5,13-14,17H,6-11H2,(H,18,20);1H. The maximum Gasteiger partial charge on any atom is 0.240 e. The van der Waals surface area contributed by atoms with E-state index in [1.807, 2.05) is 30.3 Å². The molecule has 3 rings (SSSR count). The second-order valence-corrected chi connectivity index (χ2v) is 5.74. The van der Waals surface area contributed by atoms with Crippen LogP contribution in [0.1, 0.15) is 30.9 Å². The van der Waals surface area contributed by atoms with Gasteiger partial charge >= 0.3 is 0 Å². The van der Waals surface area contributed by atoms with Crippen LogP contribution >= 0.6 is 12.4 Å². The molecule has 5 nitrogen and oxygen atoms in total. The Balaban J connectivity index is 0.00000176. The number of nitrogens with zero attached hydrogens (tertiary/aromatic N) is 1. The van der Waals surface area contributed by atoms with Gasteiger partial charge in [-0.25, -0.2) is 0 Å². The first-order chi connectivity index (χ1) is 10.2. The fourth-order valence-corrected chi connectivity index (χ4v) is 3.16. The summed E-state index contributed by atoms with van der Waals surface area (Å²) in [6.07, 6.45) is 2.20. The van der Waals surface area contributed by atoms with Gasteiger partial charge in [-0.15, -0.1) is 12.4 Å². The summed E-state index contributed by atoms with van der Waals surface area (Å²) in [6.45, 7) is 2.02. The van der Waals surface area contributed by atoms with Crippen LogP contribution < -0.4 is 10.6 Å². The lowest BCUT2D eigenvalue weighted by Gasteiger charge is -2.33. The molecule has 2 saturated heterocycles. The molecule has 2 fully saturated rings. The van der Waals surface area contributed by atoms with Gasteiger partial charge in [-0.2, -0.15) is 0 Å². The SMILES string of the molecule is Cl.O=C1CN(C2CCNCC2)C(=O)CC(c2ccccc2)N1. The fourth-order valence-electron chi connectivity index (χ4n) is 3.16. The molecular formula is C16H22ClN3O2. The highest BCUT2D eigenvalue weighted by atomic mass is 35.5. The van der Waals surface area contributed by atoms with E-state index in [0.29, 0.717) is 6.42 Å². The molecule has 0 bridgehead atoms. The molecule has 0 saturated carbocycles. The highest BCUT2D eigenvalue weighted by Gasteiger charge is 2.32. The first kappa shape index (κ1) is 16.8. The Kier molecular flexibility index (Phi) is 5.80. The van der Waals surface area contributed by atoms with Crippen molar-refractivity contribution >= 4 is 24.2 Å². The molecule has 2 N–H and O–H groups in total. The van der Waals surface area contributed by atoms with Crippen molar-refractivity contribution in [2.75, 3.05) is 19.6 Å². The van der Waals surface area contributed by atoms with Crippen LogP contribution in [0.3, 0.4) is 0 Å². The molecule has 0 radical (unpaired) electrons. The Morgan fingerprint density at radius 2 is 1.73 bits per heavy atom. The van der Waals surface area contributed by atoms with Gasteiger partial charge in [0.2, 0.25) is 11.8 Å². The molecule has 2 heterocycles. The summed E-state index contributed by atoms with van der Waals surface area (Å²) in [6, 6.07) is 9.70. The van der Waals surface area contributed by atoms with E-state index >= 15 is 0 Å². The lowest BCUT2D eigenvalue weighted by molar-refractivity contribution is -0.136. The van der Waals surface area contributed by atoms with Gasteiger partial charge in [0.1, 0.15) is 0 Å². The van der Waals surface area contributed by atoms with Crippen molar-refractivity contribution in [1.82, 2.24) is 15.5 Å². The molecule has 120 valence electrons. The Morgan fingerprint density at radius 3 is 2.41 bits per heavy atom. The molecule has 22 heavy (non-hydrogen) atoms. The second kappa shape index (κ2) is 7.61. The van der Waals surface area contributed by atoms with E-state index in [0.717, 1.165) is 31.5 Å². The normalized spacial score (nSPS) is 23.5. The number of carbonyl (C=O) groups excluding carboxylic acids is 2. The van der Waals surface area contributed by atoms with Crippen LogP contribution in [0.5, 0.6) is 0 Å². The molecule has 1 atom stereocenters. The number of rotatable bonds is 2. The zero-order valence-electron chi connectivity index (χ0n) is 12.5. The van der Waals surface area contributed by atoms with Crippen LogP contribution in [0.15, 0.2) is 30.3 Å². The molecule has 2 aliphatic rings. The smallest absolute Gasteiger partial charge is 0.240 e. The zero-order chi connectivity index (χ0) is 14.7. The summed E-state index contributed by atoms with van der Waals surface area (Å²) in [5, 5.41) is 6.27. The molecule has 6 heteroatoms. The van der Waals surface area contributed by atoms with Crippen LogP contribution in [0.25, 0.3) is 0 Å². The first-order valence-electron chi connectivity index (χ1n) is 7.58. The monoisotopic (exact) mass is 323 g/mol. The minimum Gasteiger partial charge on any atom is -0.347 e. The van der Waals surface area contributed by atoms with Crippen molar-refractivity contribution in [3.05, 3.63) is 35.9 Å². The van der Waals surface area contributed by atoms with Crippen molar-refractivity contribution in [3.63, 3.8) is 0 Å². The third-order valence-corrected chi connectivity index (χ3v) is 4.30. The van der Waals surface area contributed by atoms with Crippen molar-refractivity contribution in [2.45, 2.75) is 31.3 Å². The quantitative estimate of drug-likeness (QED) is 0.861. The number of nitrogens with one attached hydrogen (secondary N) is 2. The maximum absolute atomic E-state index is 12.6. The number of piperidine rings is 1. The molecule has 1 unspecified atom stereocenters. The number of carbonyl (C=O) groups is 2. The molecule has 1 aromatic carbocycles. The summed E-state index contributed by atoms with van der Waals surface area (Å²) in [4.78, 5) is 26.5. The van der Waals surface area contributed by atoms with E-state index in [4.69, 9.17) is 0 Å². The number of hydrogen-bond acceptors (Lipinski definition) is 3. The second-order valence-electron chi connectivity index (χ2n) is 5.74. The summed E-state index contributed by atoms with van der Waals surface area (Å²) < 4.78 is 0. The molecule has 1 aromatic rings. The summed E-state index contributed by atoms with van der Waals surface area (Å²) in [5.41, 5.74) is 0.992. The molecule has 0 aliphatic carbocycles. The van der Waals surface area contributed by atoms with Gasteiger partial charge in [0.05, 0.1) is 19.0 Å². The number of benzene rings is 1. The zero-order valence-corrected chi connectivity index (χ0v) is 13.3. The summed E-state index contributed by atoms with van der Waals surface area (Å²) >= 11 is 0. The lowest BCUT2D eigenvalue weighted by Crippen LogP contribution is -2.47. The van der Waals surface area contributed by atoms with Crippen molar-refractivity contribution in [1.29, 1.82) is 0 Å². The number of halogens is 1. The van der Waals surface area contributed by atoms with E-state index in [1.165, 1.54) is 0 Å². The van der Waals surface area contributed by atoms with Crippen LogP contribution in [0.2, 0.25) is 0 Å². The van der Waals surface area contributed by atoms with E-state index in [2.05, 4.69) is 10.6 Å². The van der Waals surface area contributed by atoms with Crippen LogP contribution in [-0.2, 0) is 9.59 Å². The molecular weight excluding hydrogens is 302 g/mol. The van der Waals surface area contributed by atoms with Crippen molar-refractivity contribution in [2.24, 2.45) is 0 Å². The molecule has 0 aromatic heterocycles. The third kappa shape index (κ3) is 3.78. The first-order valence-corrected chi connectivity index (χ1v) is 7.58. The van der Waals surface area contributed by atoms with Crippen LogP contribution in [0.4, 0.5) is 0 Å². The molecule has 2 aliphatic heterocycles. The minimum atomic E-state index is -0.210.